The predicted molar refractivity (Wildman–Crippen MR) is 106 cm³/mol. The van der Waals surface area contributed by atoms with Crippen molar-refractivity contribution in [2.45, 2.75) is 83.8 Å². The van der Waals surface area contributed by atoms with E-state index in [1.807, 2.05) is 0 Å². The van der Waals surface area contributed by atoms with Gasteiger partial charge in [0.2, 0.25) is 0 Å². The molecule has 0 aromatic carbocycles. The summed E-state index contributed by atoms with van der Waals surface area (Å²) in [5.41, 5.74) is 0. The number of rotatable bonds is 7. The molecule has 0 saturated carbocycles. The lowest BCUT2D eigenvalue weighted by atomic mass is 10.1. The van der Waals surface area contributed by atoms with E-state index in [2.05, 4.69) is 30.2 Å². The van der Waals surface area contributed by atoms with Crippen LogP contribution < -0.4 is 0 Å². The maximum absolute atomic E-state index is 4.15. The van der Waals surface area contributed by atoms with E-state index < -0.39 is 0 Å². The van der Waals surface area contributed by atoms with Gasteiger partial charge in [0, 0.05) is 9.52 Å². The van der Waals surface area contributed by atoms with E-state index in [0.29, 0.717) is 0 Å². The molecule has 0 amide bonds. The molecular weight excluding hydrogens is 296 g/mol. The highest BCUT2D eigenvalue weighted by atomic mass is 28.2. The molecule has 1 atom stereocenters. The van der Waals surface area contributed by atoms with Crippen LogP contribution in [0.4, 0.5) is 0 Å². The van der Waals surface area contributed by atoms with Gasteiger partial charge in [0.1, 0.15) is 0 Å². The molecule has 2 aliphatic heterocycles. The number of likely N-dealkylation sites (tertiary alicyclic amines) is 2. The Kier molecular flexibility index (Phi) is 8.92. The van der Waals surface area contributed by atoms with E-state index in [4.69, 9.17) is 0 Å². The van der Waals surface area contributed by atoms with Gasteiger partial charge in [0.05, 0.1) is 6.17 Å². The minimum atomic E-state index is -0.0463. The predicted octanol–water partition coefficient (Wildman–Crippen LogP) is 4.21. The first-order valence-corrected chi connectivity index (χ1v) is 12.0. The first-order chi connectivity index (χ1) is 11.2. The molecule has 0 aromatic heterocycles. The molecular formula is C20H40N2Si. The van der Waals surface area contributed by atoms with Gasteiger partial charge in [-0.3, -0.25) is 9.80 Å². The fourth-order valence-corrected chi connectivity index (χ4v) is 5.51. The molecule has 2 rings (SSSR count). The molecule has 134 valence electrons. The molecule has 1 unspecified atom stereocenters. The first-order valence-electron chi connectivity index (χ1n) is 10.3. The Morgan fingerprint density at radius 2 is 1.30 bits per heavy atom. The van der Waals surface area contributed by atoms with Crippen LogP contribution in [0.15, 0.2) is 11.8 Å². The number of hydrogen-bond donors (Lipinski definition) is 0. The summed E-state index contributed by atoms with van der Waals surface area (Å²) >= 11 is 0. The smallest absolute Gasteiger partial charge is 0.0624 e. The Morgan fingerprint density at radius 1 is 0.870 bits per heavy atom. The zero-order valence-corrected chi connectivity index (χ0v) is 17.3. The SMILES string of the molecule is C=C(C)[SiH2]CC(C)CC(N1CCCCCC1)N1CCCCCC1. The lowest BCUT2D eigenvalue weighted by Gasteiger charge is -2.40. The minimum absolute atomic E-state index is 0.0463. The van der Waals surface area contributed by atoms with Crippen molar-refractivity contribution in [3.63, 3.8) is 0 Å². The van der Waals surface area contributed by atoms with Crippen LogP contribution in [-0.2, 0) is 0 Å². The molecule has 2 nitrogen and oxygen atoms in total. The highest BCUT2D eigenvalue weighted by Crippen LogP contribution is 2.24. The van der Waals surface area contributed by atoms with Gasteiger partial charge in [-0.05, 0) is 71.1 Å². The molecule has 0 aromatic rings. The summed E-state index contributed by atoms with van der Waals surface area (Å²) < 4.78 is 0. The second-order valence-electron chi connectivity index (χ2n) is 8.22. The third kappa shape index (κ3) is 7.11. The van der Waals surface area contributed by atoms with Crippen molar-refractivity contribution in [2.75, 3.05) is 26.2 Å². The van der Waals surface area contributed by atoms with Gasteiger partial charge in [-0.1, -0.05) is 43.8 Å². The van der Waals surface area contributed by atoms with Crippen molar-refractivity contribution in [3.05, 3.63) is 11.8 Å². The Balaban J connectivity index is 1.98. The normalized spacial score (nSPS) is 24.0. The van der Waals surface area contributed by atoms with Gasteiger partial charge >= 0.3 is 0 Å². The molecule has 3 heteroatoms. The Labute approximate surface area is 147 Å². The summed E-state index contributed by atoms with van der Waals surface area (Å²) in [4.78, 5) is 5.72. The highest BCUT2D eigenvalue weighted by molar-refractivity contribution is 6.44. The van der Waals surface area contributed by atoms with Crippen molar-refractivity contribution in [1.29, 1.82) is 0 Å². The summed E-state index contributed by atoms with van der Waals surface area (Å²) in [7, 11) is -0.0463. The Morgan fingerprint density at radius 3 is 1.70 bits per heavy atom. The molecule has 0 N–H and O–H groups in total. The quantitative estimate of drug-likeness (QED) is 0.643. The van der Waals surface area contributed by atoms with Crippen LogP contribution in [0.2, 0.25) is 6.04 Å². The van der Waals surface area contributed by atoms with E-state index in [1.54, 1.807) is 0 Å². The highest BCUT2D eigenvalue weighted by Gasteiger charge is 2.27. The van der Waals surface area contributed by atoms with Gasteiger partial charge in [0.15, 0.2) is 0 Å². The zero-order valence-electron chi connectivity index (χ0n) is 15.9. The van der Waals surface area contributed by atoms with E-state index in [9.17, 15) is 0 Å². The first kappa shape index (κ1) is 19.2. The van der Waals surface area contributed by atoms with Crippen LogP contribution in [0.25, 0.3) is 0 Å². The van der Waals surface area contributed by atoms with E-state index in [0.717, 1.165) is 12.1 Å². The summed E-state index contributed by atoms with van der Waals surface area (Å²) in [6.07, 6.45) is 13.6. The Bertz CT molecular complexity index is 309. The van der Waals surface area contributed by atoms with Gasteiger partial charge < -0.3 is 0 Å². The fraction of sp³-hybridized carbons (Fsp3) is 0.900. The van der Waals surface area contributed by atoms with Crippen LogP contribution in [0, 0.1) is 5.92 Å². The van der Waals surface area contributed by atoms with E-state index >= 15 is 0 Å². The summed E-state index contributed by atoms with van der Waals surface area (Å²) in [5.74, 6) is 0.870. The molecule has 2 aliphatic rings. The molecule has 0 radical (unpaired) electrons. The van der Waals surface area contributed by atoms with Crippen molar-refractivity contribution in [3.8, 4) is 0 Å². The topological polar surface area (TPSA) is 6.48 Å². The average molecular weight is 337 g/mol. The maximum atomic E-state index is 4.15. The minimum Gasteiger partial charge on any atom is -0.288 e. The molecule has 0 bridgehead atoms. The van der Waals surface area contributed by atoms with E-state index in [-0.39, 0.29) is 9.52 Å². The van der Waals surface area contributed by atoms with Crippen LogP contribution in [0.3, 0.4) is 0 Å². The molecule has 2 saturated heterocycles. The van der Waals surface area contributed by atoms with Gasteiger partial charge in [-0.25, -0.2) is 0 Å². The van der Waals surface area contributed by atoms with Crippen LogP contribution in [-0.4, -0.2) is 51.7 Å². The summed E-state index contributed by atoms with van der Waals surface area (Å²) in [6, 6.07) is 1.45. The third-order valence-electron chi connectivity index (χ3n) is 5.80. The largest absolute Gasteiger partial charge is 0.288 e. The van der Waals surface area contributed by atoms with Gasteiger partial charge in [0.25, 0.3) is 0 Å². The maximum Gasteiger partial charge on any atom is 0.0624 e. The van der Waals surface area contributed by atoms with Crippen molar-refractivity contribution < 1.29 is 0 Å². The summed E-state index contributed by atoms with van der Waals surface area (Å²) in [5, 5.41) is 1.48. The van der Waals surface area contributed by atoms with Crippen molar-refractivity contribution in [2.24, 2.45) is 5.92 Å². The number of nitrogens with zero attached hydrogens (tertiary/aromatic N) is 2. The molecule has 0 aliphatic carbocycles. The zero-order chi connectivity index (χ0) is 16.5. The standard InChI is InChI=1S/C20H40N2Si/c1-18(2)23-17-19(3)16-20(21-12-8-4-5-9-13-21)22-14-10-6-7-11-15-22/h19-20H,1,4-17,23H2,2-3H3. The molecule has 2 fully saturated rings. The monoisotopic (exact) mass is 336 g/mol. The fourth-order valence-electron chi connectivity index (χ4n) is 4.29. The van der Waals surface area contributed by atoms with Gasteiger partial charge in [-0.15, -0.1) is 6.58 Å². The van der Waals surface area contributed by atoms with E-state index in [1.165, 1.54) is 95.2 Å². The second-order valence-corrected chi connectivity index (χ2v) is 10.5. The summed E-state index contributed by atoms with van der Waals surface area (Å²) in [6.45, 7) is 14.2. The van der Waals surface area contributed by atoms with Crippen LogP contribution in [0.5, 0.6) is 0 Å². The van der Waals surface area contributed by atoms with Crippen LogP contribution >= 0.6 is 0 Å². The number of allylic oxidation sites excluding steroid dienone is 1. The van der Waals surface area contributed by atoms with Gasteiger partial charge in [-0.2, -0.15) is 0 Å². The lowest BCUT2D eigenvalue weighted by Crippen LogP contribution is -2.50. The molecule has 2 heterocycles. The van der Waals surface area contributed by atoms with Crippen LogP contribution in [0.1, 0.15) is 71.6 Å². The molecule has 0 spiro atoms. The average Bonchev–Trinajstić information content (AvgIpc) is 2.95. The molecule has 23 heavy (non-hydrogen) atoms. The van der Waals surface area contributed by atoms with Crippen molar-refractivity contribution >= 4 is 9.52 Å². The van der Waals surface area contributed by atoms with Crippen molar-refractivity contribution in [1.82, 2.24) is 9.80 Å². The Hall–Kier alpha value is -0.123. The second kappa shape index (κ2) is 10.7. The third-order valence-corrected chi connectivity index (χ3v) is 7.93. The number of hydrogen-bond acceptors (Lipinski definition) is 2. The lowest BCUT2D eigenvalue weighted by molar-refractivity contribution is 0.0312.